The second kappa shape index (κ2) is 4.82. The minimum Gasteiger partial charge on any atom is -0.394 e. The van der Waals surface area contributed by atoms with Gasteiger partial charge in [-0.25, -0.2) is 4.98 Å². The van der Waals surface area contributed by atoms with E-state index < -0.39 is 0 Å². The SMILES string of the molecule is Cc1ccccc1N(C)c1nc(Cl)nc(C)c1N. The molecular formula is C13H15ClN4. The van der Waals surface area contributed by atoms with Gasteiger partial charge in [-0.05, 0) is 37.1 Å². The minimum atomic E-state index is 0.206. The van der Waals surface area contributed by atoms with Crippen molar-refractivity contribution in [1.82, 2.24) is 9.97 Å². The third-order valence-corrected chi connectivity index (χ3v) is 3.05. The van der Waals surface area contributed by atoms with Crippen LogP contribution in [0, 0.1) is 13.8 Å². The topological polar surface area (TPSA) is 55.0 Å². The van der Waals surface area contributed by atoms with Crippen molar-refractivity contribution in [3.05, 3.63) is 40.8 Å². The summed E-state index contributed by atoms with van der Waals surface area (Å²) in [6, 6.07) is 8.02. The van der Waals surface area contributed by atoms with Gasteiger partial charge in [-0.1, -0.05) is 18.2 Å². The number of nitrogens with two attached hydrogens (primary N) is 1. The first kappa shape index (κ1) is 12.6. The van der Waals surface area contributed by atoms with Crippen LogP contribution in [-0.4, -0.2) is 17.0 Å². The highest BCUT2D eigenvalue weighted by Gasteiger charge is 2.14. The molecule has 94 valence electrons. The Balaban J connectivity index is 2.53. The Morgan fingerprint density at radius 3 is 2.50 bits per heavy atom. The summed E-state index contributed by atoms with van der Waals surface area (Å²) in [5.41, 5.74) is 9.43. The van der Waals surface area contributed by atoms with Crippen molar-refractivity contribution in [2.24, 2.45) is 0 Å². The number of halogens is 1. The van der Waals surface area contributed by atoms with Crippen molar-refractivity contribution in [1.29, 1.82) is 0 Å². The summed E-state index contributed by atoms with van der Waals surface area (Å²) in [5.74, 6) is 0.627. The average molecular weight is 263 g/mol. The van der Waals surface area contributed by atoms with Crippen LogP contribution in [-0.2, 0) is 0 Å². The summed E-state index contributed by atoms with van der Waals surface area (Å²) >= 11 is 5.89. The van der Waals surface area contributed by atoms with Gasteiger partial charge in [-0.15, -0.1) is 0 Å². The Kier molecular flexibility index (Phi) is 3.39. The van der Waals surface area contributed by atoms with Gasteiger partial charge in [0.25, 0.3) is 0 Å². The standard InChI is InChI=1S/C13H15ClN4/c1-8-6-4-5-7-10(8)18(3)12-11(15)9(2)16-13(14)17-12/h4-7H,15H2,1-3H3. The van der Waals surface area contributed by atoms with Gasteiger partial charge in [0, 0.05) is 12.7 Å². The van der Waals surface area contributed by atoms with E-state index in [4.69, 9.17) is 17.3 Å². The van der Waals surface area contributed by atoms with Gasteiger partial charge in [0.2, 0.25) is 5.28 Å². The maximum Gasteiger partial charge on any atom is 0.224 e. The third kappa shape index (κ3) is 2.24. The Morgan fingerprint density at radius 2 is 1.83 bits per heavy atom. The van der Waals surface area contributed by atoms with Gasteiger partial charge in [0.1, 0.15) is 0 Å². The summed E-state index contributed by atoms with van der Waals surface area (Å²) < 4.78 is 0. The van der Waals surface area contributed by atoms with Gasteiger partial charge >= 0.3 is 0 Å². The number of aromatic nitrogens is 2. The van der Waals surface area contributed by atoms with Gasteiger partial charge in [-0.3, -0.25) is 0 Å². The Bertz CT molecular complexity index is 583. The molecule has 0 saturated heterocycles. The smallest absolute Gasteiger partial charge is 0.224 e. The predicted molar refractivity (Wildman–Crippen MR) is 75.4 cm³/mol. The van der Waals surface area contributed by atoms with Crippen LogP contribution in [0.2, 0.25) is 5.28 Å². The number of nitrogens with zero attached hydrogens (tertiary/aromatic N) is 3. The highest BCUT2D eigenvalue weighted by atomic mass is 35.5. The molecule has 0 saturated carbocycles. The summed E-state index contributed by atoms with van der Waals surface area (Å²) in [6.45, 7) is 3.86. The molecule has 0 amide bonds. The van der Waals surface area contributed by atoms with Crippen LogP contribution in [0.15, 0.2) is 24.3 Å². The fraction of sp³-hybridized carbons (Fsp3) is 0.231. The molecule has 4 nitrogen and oxygen atoms in total. The van der Waals surface area contributed by atoms with Gasteiger partial charge in [0.15, 0.2) is 5.82 Å². The first-order chi connectivity index (χ1) is 8.50. The minimum absolute atomic E-state index is 0.206. The van der Waals surface area contributed by atoms with Crippen molar-refractivity contribution in [2.75, 3.05) is 17.7 Å². The van der Waals surface area contributed by atoms with E-state index in [9.17, 15) is 0 Å². The highest BCUT2D eigenvalue weighted by Crippen LogP contribution is 2.31. The number of para-hydroxylation sites is 1. The van der Waals surface area contributed by atoms with E-state index in [-0.39, 0.29) is 5.28 Å². The Hall–Kier alpha value is -1.81. The van der Waals surface area contributed by atoms with Crippen molar-refractivity contribution in [2.45, 2.75) is 13.8 Å². The van der Waals surface area contributed by atoms with Crippen LogP contribution in [0.4, 0.5) is 17.2 Å². The lowest BCUT2D eigenvalue weighted by atomic mass is 10.2. The maximum absolute atomic E-state index is 6.01. The molecular weight excluding hydrogens is 248 g/mol. The molecule has 0 fully saturated rings. The van der Waals surface area contributed by atoms with Gasteiger partial charge in [-0.2, -0.15) is 4.98 Å². The van der Waals surface area contributed by atoms with E-state index in [1.165, 1.54) is 0 Å². The third-order valence-electron chi connectivity index (χ3n) is 2.88. The van der Waals surface area contributed by atoms with Crippen LogP contribution in [0.3, 0.4) is 0 Å². The van der Waals surface area contributed by atoms with Crippen molar-refractivity contribution >= 4 is 28.8 Å². The molecule has 0 atom stereocenters. The number of anilines is 3. The van der Waals surface area contributed by atoms with E-state index in [2.05, 4.69) is 9.97 Å². The molecule has 0 bridgehead atoms. The number of hydrogen-bond donors (Lipinski definition) is 1. The summed E-state index contributed by atoms with van der Waals surface area (Å²) in [7, 11) is 1.91. The fourth-order valence-corrected chi connectivity index (χ4v) is 2.05. The number of rotatable bonds is 2. The molecule has 0 radical (unpaired) electrons. The molecule has 2 N–H and O–H groups in total. The molecule has 1 aromatic carbocycles. The molecule has 5 heteroatoms. The van der Waals surface area contributed by atoms with E-state index in [0.29, 0.717) is 17.2 Å². The molecule has 0 aliphatic carbocycles. The lowest BCUT2D eigenvalue weighted by molar-refractivity contribution is 1.05. The average Bonchev–Trinajstić information content (AvgIpc) is 2.33. The molecule has 0 aliphatic rings. The van der Waals surface area contributed by atoms with Crippen molar-refractivity contribution in [3.8, 4) is 0 Å². The van der Waals surface area contributed by atoms with E-state index in [0.717, 1.165) is 11.3 Å². The van der Waals surface area contributed by atoms with Crippen LogP contribution in [0.1, 0.15) is 11.3 Å². The molecule has 0 aliphatic heterocycles. The first-order valence-corrected chi connectivity index (χ1v) is 5.97. The van der Waals surface area contributed by atoms with E-state index in [1.54, 1.807) is 0 Å². The lowest BCUT2D eigenvalue weighted by Crippen LogP contribution is -2.16. The molecule has 1 aromatic heterocycles. The fourth-order valence-electron chi connectivity index (χ4n) is 1.84. The normalized spacial score (nSPS) is 10.4. The number of aryl methyl sites for hydroxylation is 2. The number of hydrogen-bond acceptors (Lipinski definition) is 4. The summed E-state index contributed by atoms with van der Waals surface area (Å²) in [4.78, 5) is 10.2. The van der Waals surface area contributed by atoms with Gasteiger partial charge in [0.05, 0.1) is 11.4 Å². The summed E-state index contributed by atoms with van der Waals surface area (Å²) in [6.07, 6.45) is 0. The van der Waals surface area contributed by atoms with E-state index >= 15 is 0 Å². The first-order valence-electron chi connectivity index (χ1n) is 5.59. The molecule has 1 heterocycles. The summed E-state index contributed by atoms with van der Waals surface area (Å²) in [5, 5.41) is 0.206. The number of benzene rings is 1. The van der Waals surface area contributed by atoms with E-state index in [1.807, 2.05) is 50.1 Å². The Labute approximate surface area is 111 Å². The lowest BCUT2D eigenvalue weighted by Gasteiger charge is -2.22. The molecule has 18 heavy (non-hydrogen) atoms. The number of nitrogen functional groups attached to an aromatic ring is 1. The second-order valence-corrected chi connectivity index (χ2v) is 4.50. The molecule has 2 rings (SSSR count). The predicted octanol–water partition coefficient (Wildman–Crippen LogP) is 3.10. The van der Waals surface area contributed by atoms with Crippen LogP contribution >= 0.6 is 11.6 Å². The zero-order valence-corrected chi connectivity index (χ0v) is 11.4. The van der Waals surface area contributed by atoms with Crippen molar-refractivity contribution < 1.29 is 0 Å². The largest absolute Gasteiger partial charge is 0.394 e. The Morgan fingerprint density at radius 1 is 1.17 bits per heavy atom. The molecule has 2 aromatic rings. The van der Waals surface area contributed by atoms with Crippen LogP contribution in [0.5, 0.6) is 0 Å². The maximum atomic E-state index is 6.01. The monoisotopic (exact) mass is 262 g/mol. The zero-order valence-electron chi connectivity index (χ0n) is 10.6. The molecule has 0 unspecified atom stereocenters. The molecule has 0 spiro atoms. The quantitative estimate of drug-likeness (QED) is 0.845. The van der Waals surface area contributed by atoms with Crippen molar-refractivity contribution in [3.63, 3.8) is 0 Å². The zero-order chi connectivity index (χ0) is 13.3. The second-order valence-electron chi connectivity index (χ2n) is 4.16. The highest BCUT2D eigenvalue weighted by molar-refractivity contribution is 6.28. The van der Waals surface area contributed by atoms with Crippen LogP contribution < -0.4 is 10.6 Å². The van der Waals surface area contributed by atoms with Gasteiger partial charge < -0.3 is 10.6 Å². The van der Waals surface area contributed by atoms with Crippen LogP contribution in [0.25, 0.3) is 0 Å².